The smallest absolute Gasteiger partial charge is 0.321 e. The normalized spacial score (nSPS) is 11.5. The predicted molar refractivity (Wildman–Crippen MR) is 111 cm³/mol. The molecule has 0 spiro atoms. The minimum atomic E-state index is -3.14. The van der Waals surface area contributed by atoms with Gasteiger partial charge in [0.15, 0.2) is 11.6 Å². The van der Waals surface area contributed by atoms with Crippen molar-refractivity contribution in [2.24, 2.45) is 0 Å². The van der Waals surface area contributed by atoms with Crippen LogP contribution in [0, 0.1) is 5.82 Å². The van der Waals surface area contributed by atoms with E-state index >= 15 is 0 Å². The van der Waals surface area contributed by atoms with Crippen molar-refractivity contribution in [1.29, 1.82) is 0 Å². The number of alkyl halides is 2. The van der Waals surface area contributed by atoms with Crippen molar-refractivity contribution in [3.63, 3.8) is 0 Å². The molecule has 1 amide bonds. The maximum Gasteiger partial charge on any atom is 0.321 e. The number of benzene rings is 1. The van der Waals surface area contributed by atoms with Crippen molar-refractivity contribution >= 4 is 35.0 Å². The number of anilines is 3. The molecule has 0 atom stereocenters. The number of aromatic nitrogens is 2. The van der Waals surface area contributed by atoms with Gasteiger partial charge < -0.3 is 20.1 Å². The molecule has 0 aliphatic carbocycles. The lowest BCUT2D eigenvalue weighted by Crippen LogP contribution is -2.39. The van der Waals surface area contributed by atoms with Gasteiger partial charge >= 0.3 is 6.55 Å². The molecule has 0 aliphatic heterocycles. The van der Waals surface area contributed by atoms with Crippen molar-refractivity contribution in [1.82, 2.24) is 14.9 Å². The van der Waals surface area contributed by atoms with Gasteiger partial charge in [-0.1, -0.05) is 11.6 Å². The minimum Gasteiger partial charge on any atom is -0.496 e. The molecule has 0 fully saturated rings. The van der Waals surface area contributed by atoms with E-state index in [0.29, 0.717) is 4.90 Å². The maximum absolute atomic E-state index is 13.9. The Balaban J connectivity index is 2.55. The second-order valence-corrected chi connectivity index (χ2v) is 7.65. The summed E-state index contributed by atoms with van der Waals surface area (Å²) in [5.41, 5.74) is -1.39. The fraction of sp³-hybridized carbons (Fsp3) is 0.421. The molecule has 0 bridgehead atoms. The van der Waals surface area contributed by atoms with Crippen molar-refractivity contribution < 1.29 is 27.8 Å². The summed E-state index contributed by atoms with van der Waals surface area (Å²) in [5.74, 6) is -2.18. The van der Waals surface area contributed by atoms with Crippen LogP contribution in [0.5, 0.6) is 5.75 Å². The average molecular weight is 462 g/mol. The zero-order valence-electron chi connectivity index (χ0n) is 17.6. The molecule has 2 rings (SSSR count). The lowest BCUT2D eigenvalue weighted by molar-refractivity contribution is 0.0366. The van der Waals surface area contributed by atoms with Gasteiger partial charge in [-0.15, -0.1) is 0 Å². The molecular formula is C19H23ClF3N5O3. The molecular weight excluding hydrogens is 439 g/mol. The second-order valence-electron chi connectivity index (χ2n) is 7.24. The van der Waals surface area contributed by atoms with Crippen LogP contribution in [-0.2, 0) is 0 Å². The highest BCUT2D eigenvalue weighted by molar-refractivity contribution is 6.34. The lowest BCUT2D eigenvalue weighted by atomic mass is 10.1. The number of amides is 1. The molecule has 1 heterocycles. The number of rotatable bonds is 8. The fourth-order valence-corrected chi connectivity index (χ4v) is 3.13. The Morgan fingerprint density at radius 1 is 1.39 bits per heavy atom. The summed E-state index contributed by atoms with van der Waals surface area (Å²) in [4.78, 5) is 21.8. The first-order valence-corrected chi connectivity index (χ1v) is 9.40. The highest BCUT2D eigenvalue weighted by Crippen LogP contribution is 2.38. The number of hydrogen-bond acceptors (Lipinski definition) is 7. The Kier molecular flexibility index (Phi) is 7.55. The predicted octanol–water partition coefficient (Wildman–Crippen LogP) is 3.52. The third-order valence-corrected chi connectivity index (χ3v) is 4.41. The molecule has 0 saturated carbocycles. The van der Waals surface area contributed by atoms with E-state index in [1.165, 1.54) is 46.0 Å². The standard InChI is InChI=1S/C19H23ClF3N5O3/c1-19(2,30)9-27(4)16(29)10-6-11(20)13(7-14(10)31-5)28(17(22)23)18-25-8-12(21)15(24-3)26-18/h6-8,17,30H,9H2,1-5H3,(H,24,25,26). The van der Waals surface area contributed by atoms with Gasteiger partial charge in [0.25, 0.3) is 5.91 Å². The summed E-state index contributed by atoms with van der Waals surface area (Å²) in [6.07, 6.45) is 0.748. The number of likely N-dealkylation sites (N-methyl/N-ethyl adjacent to an activating group) is 1. The summed E-state index contributed by atoms with van der Waals surface area (Å²) in [7, 11) is 4.11. The van der Waals surface area contributed by atoms with E-state index in [1.807, 2.05) is 0 Å². The van der Waals surface area contributed by atoms with E-state index in [-0.39, 0.29) is 34.4 Å². The summed E-state index contributed by atoms with van der Waals surface area (Å²) < 4.78 is 46.7. The van der Waals surface area contributed by atoms with Crippen LogP contribution < -0.4 is 15.0 Å². The van der Waals surface area contributed by atoms with E-state index < -0.39 is 29.8 Å². The lowest BCUT2D eigenvalue weighted by Gasteiger charge is -2.27. The number of carbonyl (C=O) groups excluding carboxylic acids is 1. The van der Waals surface area contributed by atoms with Gasteiger partial charge in [0.1, 0.15) is 5.75 Å². The van der Waals surface area contributed by atoms with Gasteiger partial charge in [0.2, 0.25) is 5.95 Å². The van der Waals surface area contributed by atoms with Crippen LogP contribution in [0.25, 0.3) is 0 Å². The van der Waals surface area contributed by atoms with E-state index in [4.69, 9.17) is 16.3 Å². The van der Waals surface area contributed by atoms with E-state index in [9.17, 15) is 23.1 Å². The monoisotopic (exact) mass is 461 g/mol. The number of nitrogens with one attached hydrogen (secondary N) is 1. The molecule has 2 aromatic rings. The van der Waals surface area contributed by atoms with Crippen LogP contribution in [0.2, 0.25) is 5.02 Å². The van der Waals surface area contributed by atoms with Gasteiger partial charge in [-0.3, -0.25) is 9.69 Å². The first-order chi connectivity index (χ1) is 14.4. The topological polar surface area (TPSA) is 90.8 Å². The van der Waals surface area contributed by atoms with Crippen molar-refractivity contribution in [2.45, 2.75) is 26.0 Å². The van der Waals surface area contributed by atoms with Crippen LogP contribution in [0.15, 0.2) is 18.3 Å². The minimum absolute atomic E-state index is 0.00755. The third kappa shape index (κ3) is 5.67. The van der Waals surface area contributed by atoms with E-state index in [2.05, 4.69) is 15.3 Å². The van der Waals surface area contributed by atoms with E-state index in [1.54, 1.807) is 0 Å². The zero-order chi connectivity index (χ0) is 23.5. The van der Waals surface area contributed by atoms with Gasteiger partial charge in [0.05, 0.1) is 35.2 Å². The number of ether oxygens (including phenoxy) is 1. The highest BCUT2D eigenvalue weighted by atomic mass is 35.5. The van der Waals surface area contributed by atoms with Gasteiger partial charge in [0, 0.05) is 26.7 Å². The van der Waals surface area contributed by atoms with Crippen LogP contribution in [0.4, 0.5) is 30.6 Å². The zero-order valence-corrected chi connectivity index (χ0v) is 18.3. The molecule has 12 heteroatoms. The Bertz CT molecular complexity index is 956. The number of nitrogens with zero attached hydrogens (tertiary/aromatic N) is 4. The number of hydrogen-bond donors (Lipinski definition) is 2. The molecule has 170 valence electrons. The Hall–Kier alpha value is -2.79. The molecule has 0 saturated heterocycles. The Labute approximate surface area is 182 Å². The molecule has 2 N–H and O–H groups in total. The summed E-state index contributed by atoms with van der Waals surface area (Å²) in [5, 5.41) is 12.2. The fourth-order valence-electron chi connectivity index (χ4n) is 2.87. The molecule has 0 aliphatic rings. The van der Waals surface area contributed by atoms with Crippen molar-refractivity contribution in [3.8, 4) is 5.75 Å². The average Bonchev–Trinajstić information content (AvgIpc) is 2.68. The van der Waals surface area contributed by atoms with Gasteiger partial charge in [-0.05, 0) is 19.9 Å². The number of methoxy groups -OCH3 is 1. The maximum atomic E-state index is 13.9. The number of carbonyl (C=O) groups is 1. The largest absolute Gasteiger partial charge is 0.496 e. The van der Waals surface area contributed by atoms with Crippen LogP contribution >= 0.6 is 11.6 Å². The third-order valence-electron chi connectivity index (χ3n) is 4.11. The van der Waals surface area contributed by atoms with Crippen LogP contribution in [0.3, 0.4) is 0 Å². The number of aliphatic hydroxyl groups is 1. The number of halogens is 4. The van der Waals surface area contributed by atoms with Crippen molar-refractivity contribution in [2.75, 3.05) is 38.0 Å². The van der Waals surface area contributed by atoms with Gasteiger partial charge in [-0.25, -0.2) is 9.37 Å². The van der Waals surface area contributed by atoms with Gasteiger partial charge in [-0.2, -0.15) is 13.8 Å². The Morgan fingerprint density at radius 3 is 2.55 bits per heavy atom. The molecule has 0 radical (unpaired) electrons. The second kappa shape index (κ2) is 9.56. The van der Waals surface area contributed by atoms with Crippen molar-refractivity contribution in [3.05, 3.63) is 34.7 Å². The summed E-state index contributed by atoms with van der Waals surface area (Å²) in [6.45, 7) is -0.0653. The SMILES string of the molecule is CNc1nc(N(c2cc(OC)c(C(=O)N(C)CC(C)(C)O)cc2Cl)C(F)F)ncc1F. The first-order valence-electron chi connectivity index (χ1n) is 9.02. The molecule has 1 aromatic heterocycles. The van der Waals surface area contributed by atoms with Crippen LogP contribution in [0.1, 0.15) is 24.2 Å². The summed E-state index contributed by atoms with van der Waals surface area (Å²) >= 11 is 6.24. The quantitative estimate of drug-likeness (QED) is 0.581. The molecule has 31 heavy (non-hydrogen) atoms. The molecule has 8 nitrogen and oxygen atoms in total. The first kappa shape index (κ1) is 24.5. The summed E-state index contributed by atoms with van der Waals surface area (Å²) in [6, 6.07) is 2.32. The molecule has 1 aromatic carbocycles. The van der Waals surface area contributed by atoms with Crippen LogP contribution in [-0.4, -0.2) is 65.8 Å². The highest BCUT2D eigenvalue weighted by Gasteiger charge is 2.29. The van der Waals surface area contributed by atoms with E-state index in [0.717, 1.165) is 12.3 Å². The molecule has 0 unspecified atom stereocenters. The Morgan fingerprint density at radius 2 is 2.03 bits per heavy atom.